The number of ether oxygens (including phenoxy) is 2. The Bertz CT molecular complexity index is 1780. The number of esters is 1. The molecule has 4 atom stereocenters. The summed E-state index contributed by atoms with van der Waals surface area (Å²) in [6, 6.07) is 19.2. The van der Waals surface area contributed by atoms with Gasteiger partial charge in [0, 0.05) is 10.5 Å². The van der Waals surface area contributed by atoms with Crippen LogP contribution < -0.4 is 10.6 Å². The zero-order chi connectivity index (χ0) is 35.3. The molecule has 15 heteroatoms. The molecule has 0 bridgehead atoms. The maximum Gasteiger partial charge on any atom is 0.408 e. The molecule has 0 aliphatic carbocycles. The van der Waals surface area contributed by atoms with Gasteiger partial charge >= 0.3 is 12.1 Å². The van der Waals surface area contributed by atoms with E-state index in [1.54, 1.807) is 81.4 Å². The zero-order valence-corrected chi connectivity index (χ0v) is 27.4. The van der Waals surface area contributed by atoms with E-state index in [1.807, 2.05) is 0 Å². The van der Waals surface area contributed by atoms with Crippen molar-refractivity contribution in [2.75, 3.05) is 0 Å². The molecular formula is C34H32N6O8S. The number of azide groups is 1. The molecule has 2 aliphatic rings. The summed E-state index contributed by atoms with van der Waals surface area (Å²) in [4.78, 5) is 70.5. The number of thioether (sulfide) groups is 1. The average molecular weight is 685 g/mol. The van der Waals surface area contributed by atoms with Crippen LogP contribution in [0.4, 0.5) is 4.79 Å². The quantitative estimate of drug-likeness (QED) is 0.0933. The zero-order valence-electron chi connectivity index (χ0n) is 26.5. The van der Waals surface area contributed by atoms with Gasteiger partial charge in [0.2, 0.25) is 17.7 Å². The summed E-state index contributed by atoms with van der Waals surface area (Å²) in [5, 5.41) is 18.5. The number of nitrogens with zero attached hydrogens (tertiary/aromatic N) is 4. The number of β-lactam (4-membered cyclic amide) rings is 1. The van der Waals surface area contributed by atoms with Gasteiger partial charge in [0.05, 0.1) is 0 Å². The first kappa shape index (κ1) is 34.5. The molecule has 252 valence electrons. The number of fused-ring (bicyclic) bond motifs is 1. The van der Waals surface area contributed by atoms with Crippen LogP contribution in [0.5, 0.6) is 5.75 Å². The molecule has 3 aromatic carbocycles. The summed E-state index contributed by atoms with van der Waals surface area (Å²) >= 11 is 0.964. The molecule has 3 unspecified atom stereocenters. The molecule has 0 aromatic heterocycles. The summed E-state index contributed by atoms with van der Waals surface area (Å²) in [7, 11) is 0. The number of hydrogen-bond donors (Lipinski definition) is 3. The van der Waals surface area contributed by atoms with E-state index in [9.17, 15) is 29.1 Å². The lowest BCUT2D eigenvalue weighted by molar-refractivity contribution is -0.166. The second kappa shape index (κ2) is 14.5. The Balaban J connectivity index is 1.41. The Morgan fingerprint density at radius 1 is 0.939 bits per heavy atom. The summed E-state index contributed by atoms with van der Waals surface area (Å²) in [5.41, 5.74) is 9.37. The number of carbonyl (C=O) groups excluding carboxylic acids is 5. The minimum Gasteiger partial charge on any atom is -0.508 e. The van der Waals surface area contributed by atoms with Gasteiger partial charge in [0.15, 0.2) is 12.1 Å². The molecule has 1 saturated heterocycles. The first-order chi connectivity index (χ1) is 23.4. The Labute approximate surface area is 285 Å². The smallest absolute Gasteiger partial charge is 0.408 e. The van der Waals surface area contributed by atoms with Crippen LogP contribution in [0.2, 0.25) is 0 Å². The molecule has 14 nitrogen and oxygen atoms in total. The topological polar surface area (TPSA) is 200 Å². The van der Waals surface area contributed by atoms with Crippen LogP contribution in [0.3, 0.4) is 0 Å². The van der Waals surface area contributed by atoms with Crippen molar-refractivity contribution in [1.82, 2.24) is 15.5 Å². The van der Waals surface area contributed by atoms with Crippen LogP contribution in [0.1, 0.15) is 49.6 Å². The third-order valence-electron chi connectivity index (χ3n) is 7.48. The number of benzene rings is 3. The second-order valence-electron chi connectivity index (χ2n) is 12.0. The van der Waals surface area contributed by atoms with Crippen molar-refractivity contribution in [1.29, 1.82) is 0 Å². The van der Waals surface area contributed by atoms with Gasteiger partial charge in [-0.15, -0.1) is 11.8 Å². The van der Waals surface area contributed by atoms with Gasteiger partial charge in [0.25, 0.3) is 0 Å². The molecule has 1 fully saturated rings. The summed E-state index contributed by atoms with van der Waals surface area (Å²) in [5.74, 6) is -3.59. The van der Waals surface area contributed by atoms with Gasteiger partial charge < -0.3 is 30.1 Å². The predicted octanol–water partition coefficient (Wildman–Crippen LogP) is 4.78. The van der Waals surface area contributed by atoms with Crippen molar-refractivity contribution in [3.63, 3.8) is 0 Å². The normalized spacial score (nSPS) is 18.9. The van der Waals surface area contributed by atoms with E-state index >= 15 is 0 Å². The number of carbonyl (C=O) groups is 5. The van der Waals surface area contributed by atoms with E-state index in [2.05, 4.69) is 20.7 Å². The van der Waals surface area contributed by atoms with Crippen LogP contribution in [0.25, 0.3) is 10.4 Å². The van der Waals surface area contributed by atoms with Crippen molar-refractivity contribution < 1.29 is 38.6 Å². The summed E-state index contributed by atoms with van der Waals surface area (Å²) < 4.78 is 11.3. The van der Waals surface area contributed by atoms with Gasteiger partial charge in [0.1, 0.15) is 28.8 Å². The van der Waals surface area contributed by atoms with E-state index in [-0.39, 0.29) is 16.9 Å². The Hall–Kier alpha value is -5.79. The summed E-state index contributed by atoms with van der Waals surface area (Å²) in [6.45, 7) is 4.96. The van der Waals surface area contributed by atoms with Crippen molar-refractivity contribution in [3.8, 4) is 5.75 Å². The maximum atomic E-state index is 14.0. The highest BCUT2D eigenvalue weighted by Crippen LogP contribution is 2.42. The molecule has 49 heavy (non-hydrogen) atoms. The molecule has 2 heterocycles. The van der Waals surface area contributed by atoms with E-state index in [0.717, 1.165) is 16.7 Å². The average Bonchev–Trinajstić information content (AvgIpc) is 3.08. The molecule has 0 saturated carbocycles. The number of phenolic OH excluding ortho intramolecular Hbond substituents is 1. The van der Waals surface area contributed by atoms with Gasteiger partial charge in [-0.1, -0.05) is 72.8 Å². The lowest BCUT2D eigenvalue weighted by atomic mass is 9.96. The Kier molecular flexibility index (Phi) is 10.3. The molecule has 2 aliphatic heterocycles. The van der Waals surface area contributed by atoms with Crippen molar-refractivity contribution in [2.45, 2.75) is 56.0 Å². The fourth-order valence-electron chi connectivity index (χ4n) is 5.30. The van der Waals surface area contributed by atoms with Crippen molar-refractivity contribution >= 4 is 41.5 Å². The summed E-state index contributed by atoms with van der Waals surface area (Å²) in [6.07, 6.45) is -1.80. The minimum atomic E-state index is -1.59. The standard InChI is InChI=1S/C34H32N6O8S/c1-34(2,3)48-33(46)37-24(19-14-16-22(41)17-15-19)29(43)36-25-30(44)40-26(23(18-49-31(25)40)28(42)38-39-35)32(45)47-27(20-10-6-4-7-11-20)21-12-8-5-9-13-21/h4-18,24-27,31,41H,1-3H3,(H,36,43)(H,37,46)/t24?,25?,26?,31-/m1/s1. The highest BCUT2D eigenvalue weighted by molar-refractivity contribution is 8.03. The largest absolute Gasteiger partial charge is 0.508 e. The molecule has 3 N–H and O–H groups in total. The van der Waals surface area contributed by atoms with Crippen LogP contribution in [0, 0.1) is 0 Å². The minimum absolute atomic E-state index is 0.0684. The third-order valence-corrected chi connectivity index (χ3v) is 8.65. The first-order valence-corrected chi connectivity index (χ1v) is 16.0. The molecule has 3 aromatic rings. The molecule has 0 radical (unpaired) electrons. The van der Waals surface area contributed by atoms with E-state index in [0.29, 0.717) is 11.1 Å². The fraction of sp³-hybridized carbons (Fsp3) is 0.265. The van der Waals surface area contributed by atoms with Crippen molar-refractivity contribution in [3.05, 3.63) is 123 Å². The van der Waals surface area contributed by atoms with Gasteiger partial charge in [-0.2, -0.15) is 0 Å². The molecule has 4 amide bonds. The van der Waals surface area contributed by atoms with Gasteiger partial charge in [-0.3, -0.25) is 14.4 Å². The van der Waals surface area contributed by atoms with Crippen LogP contribution >= 0.6 is 11.8 Å². The number of rotatable bonds is 9. The molecule has 5 rings (SSSR count). The third kappa shape index (κ3) is 7.86. The first-order valence-electron chi connectivity index (χ1n) is 15.0. The van der Waals surface area contributed by atoms with E-state index in [4.69, 9.17) is 15.0 Å². The molecule has 0 spiro atoms. The monoisotopic (exact) mass is 684 g/mol. The van der Waals surface area contributed by atoms with E-state index in [1.165, 1.54) is 29.7 Å². The van der Waals surface area contributed by atoms with Gasteiger partial charge in [-0.05, 0) is 65.6 Å². The number of aromatic hydroxyl groups is 1. The van der Waals surface area contributed by atoms with Crippen LogP contribution in [-0.2, 0) is 28.7 Å². The van der Waals surface area contributed by atoms with Crippen LogP contribution in [0.15, 0.2) is 101 Å². The number of alkyl carbamates (subject to hydrolysis) is 1. The van der Waals surface area contributed by atoms with Gasteiger partial charge in [-0.25, -0.2) is 9.59 Å². The number of hydrogen-bond acceptors (Lipinski definition) is 9. The SMILES string of the molecule is CC(C)(C)OC(=O)NC(C(=O)NC1C(=O)N2C(C(=O)OC(c3ccccc3)c3ccccc3)C(C(=O)N=[N+]=[N-])=CS[C@H]12)c1ccc(O)cc1. The number of nitrogens with one attached hydrogen (secondary N) is 2. The maximum absolute atomic E-state index is 14.0. The fourth-order valence-corrected chi connectivity index (χ4v) is 6.51. The predicted molar refractivity (Wildman–Crippen MR) is 177 cm³/mol. The lowest BCUT2D eigenvalue weighted by Crippen LogP contribution is -2.74. The Morgan fingerprint density at radius 3 is 2.08 bits per heavy atom. The second-order valence-corrected chi connectivity index (χ2v) is 13.0. The number of phenols is 1. The van der Waals surface area contributed by atoms with E-state index < -0.39 is 65.0 Å². The van der Waals surface area contributed by atoms with Crippen LogP contribution in [-0.4, -0.2) is 62.8 Å². The van der Waals surface area contributed by atoms with Crippen molar-refractivity contribution in [2.24, 2.45) is 5.11 Å². The highest BCUT2D eigenvalue weighted by atomic mass is 32.2. The Morgan fingerprint density at radius 2 is 1.53 bits per heavy atom. The number of amides is 4. The molecular weight excluding hydrogens is 652 g/mol. The highest BCUT2D eigenvalue weighted by Gasteiger charge is 2.57. The lowest BCUT2D eigenvalue weighted by Gasteiger charge is -2.51.